The van der Waals surface area contributed by atoms with Crippen molar-refractivity contribution in [1.29, 1.82) is 0 Å². The number of carbonyl (C=O) groups excluding carboxylic acids is 1. The number of benzene rings is 1. The van der Waals surface area contributed by atoms with E-state index in [0.717, 1.165) is 32.3 Å². The van der Waals surface area contributed by atoms with E-state index in [1.165, 1.54) is 0 Å². The molecule has 0 radical (unpaired) electrons. The van der Waals surface area contributed by atoms with Gasteiger partial charge in [-0.05, 0) is 48.8 Å². The number of aromatic amines is 1. The van der Waals surface area contributed by atoms with E-state index in [1.807, 2.05) is 6.07 Å². The van der Waals surface area contributed by atoms with Crippen LogP contribution in [0.25, 0.3) is 11.0 Å². The van der Waals surface area contributed by atoms with Crippen LogP contribution in [-0.2, 0) is 4.79 Å². The van der Waals surface area contributed by atoms with E-state index in [1.54, 1.807) is 12.1 Å². The Morgan fingerprint density at radius 1 is 1.27 bits per heavy atom. The minimum Gasteiger partial charge on any atom is -0.349 e. The lowest BCUT2D eigenvalue weighted by atomic mass is 9.79. The van der Waals surface area contributed by atoms with E-state index in [4.69, 9.17) is 5.73 Å². The molecule has 2 saturated carbocycles. The quantitative estimate of drug-likeness (QED) is 0.441. The first-order valence-corrected chi connectivity index (χ1v) is 11.2. The first-order valence-electron chi connectivity index (χ1n) is 11.2. The van der Waals surface area contributed by atoms with Crippen molar-refractivity contribution in [3.8, 4) is 0 Å². The van der Waals surface area contributed by atoms with Gasteiger partial charge in [0.1, 0.15) is 5.82 Å². The number of nitrogens with one attached hydrogen (secondary N) is 2. The van der Waals surface area contributed by atoms with Crippen molar-refractivity contribution in [2.75, 3.05) is 0 Å². The van der Waals surface area contributed by atoms with E-state index in [9.17, 15) is 26.7 Å². The number of amides is 1. The number of fused-ring (bicyclic) bond motifs is 1. The van der Waals surface area contributed by atoms with Crippen molar-refractivity contribution < 1.29 is 26.7 Å². The van der Waals surface area contributed by atoms with Gasteiger partial charge in [0.25, 0.3) is 0 Å². The fourth-order valence-electron chi connectivity index (χ4n) is 4.50. The Hall–Kier alpha value is -2.23. The second-order valence-corrected chi connectivity index (χ2v) is 10.3. The van der Waals surface area contributed by atoms with Crippen molar-refractivity contribution >= 4 is 16.9 Å². The Labute approximate surface area is 188 Å². The molecule has 0 spiro atoms. The monoisotopic (exact) mass is 472 g/mol. The smallest absolute Gasteiger partial charge is 0.349 e. The van der Waals surface area contributed by atoms with Crippen LogP contribution in [-0.4, -0.2) is 28.0 Å². The number of halogens is 5. The normalized spacial score (nSPS) is 21.0. The van der Waals surface area contributed by atoms with E-state index in [-0.39, 0.29) is 55.3 Å². The molecular weight excluding hydrogens is 443 g/mol. The van der Waals surface area contributed by atoms with Gasteiger partial charge in [-0.3, -0.25) is 4.79 Å². The number of imidazole rings is 1. The molecule has 1 heterocycles. The molecule has 1 amide bonds. The molecule has 1 aromatic carbocycles. The van der Waals surface area contributed by atoms with Crippen molar-refractivity contribution in [3.05, 3.63) is 29.6 Å². The fraction of sp³-hybridized carbons (Fsp3) is 0.652. The summed E-state index contributed by atoms with van der Waals surface area (Å²) >= 11 is 0. The second-order valence-electron chi connectivity index (χ2n) is 10.3. The largest absolute Gasteiger partial charge is 0.394 e. The molecule has 10 heteroatoms. The van der Waals surface area contributed by atoms with Crippen molar-refractivity contribution in [2.24, 2.45) is 23.0 Å². The molecule has 0 bridgehead atoms. The van der Waals surface area contributed by atoms with Crippen LogP contribution in [0, 0.1) is 17.3 Å². The lowest BCUT2D eigenvalue weighted by Gasteiger charge is -2.34. The molecular formula is C23H29F5N4O. The maximum atomic E-state index is 13.2. The molecule has 33 heavy (non-hydrogen) atoms. The van der Waals surface area contributed by atoms with Gasteiger partial charge in [0.15, 0.2) is 0 Å². The van der Waals surface area contributed by atoms with E-state index in [2.05, 4.69) is 15.3 Å². The molecule has 0 aliphatic heterocycles. The Bertz CT molecular complexity index is 1020. The van der Waals surface area contributed by atoms with Gasteiger partial charge in [-0.2, -0.15) is 13.2 Å². The molecule has 5 nitrogen and oxygen atoms in total. The van der Waals surface area contributed by atoms with Crippen molar-refractivity contribution in [2.45, 2.75) is 76.6 Å². The van der Waals surface area contributed by atoms with Crippen LogP contribution >= 0.6 is 0 Å². The zero-order valence-electron chi connectivity index (χ0n) is 18.6. The lowest BCUT2D eigenvalue weighted by molar-refractivity contribution is -0.215. The van der Waals surface area contributed by atoms with Gasteiger partial charge in [0.2, 0.25) is 11.8 Å². The molecule has 0 saturated heterocycles. The first-order chi connectivity index (χ1) is 15.2. The number of nitrogens with two attached hydrogens (primary N) is 1. The summed E-state index contributed by atoms with van der Waals surface area (Å²) < 4.78 is 65.8. The van der Waals surface area contributed by atoms with Crippen LogP contribution in [0.1, 0.15) is 75.8 Å². The van der Waals surface area contributed by atoms with Crippen LogP contribution in [0.4, 0.5) is 22.0 Å². The summed E-state index contributed by atoms with van der Waals surface area (Å²) in [5, 5.41) is 2.99. The number of rotatable bonds is 8. The standard InChI is InChI=1S/C23H29F5N4O/c1-21(2,23(26,27)28)11-15(29)20-30-16-6-5-14(8-17(16)31-20)19(13-3-4-13)32-18(33)7-12-9-22(24,25)10-12/h5-6,8,12-13,15,19H,3-4,7,9-11,29H2,1-2H3,(H,30,31)(H,32,33)/t15-,19+/m0/s1. The third-order valence-corrected chi connectivity index (χ3v) is 6.79. The maximum Gasteiger partial charge on any atom is 0.394 e. The summed E-state index contributed by atoms with van der Waals surface area (Å²) in [5.74, 6) is -2.65. The number of hydrogen-bond donors (Lipinski definition) is 3. The highest BCUT2D eigenvalue weighted by Gasteiger charge is 2.48. The Balaban J connectivity index is 1.47. The number of aromatic nitrogens is 2. The van der Waals surface area contributed by atoms with Crippen molar-refractivity contribution in [1.82, 2.24) is 15.3 Å². The summed E-state index contributed by atoms with van der Waals surface area (Å²) in [6.07, 6.45) is -3.21. The van der Waals surface area contributed by atoms with Gasteiger partial charge in [-0.25, -0.2) is 13.8 Å². The predicted octanol–water partition coefficient (Wildman–Crippen LogP) is 5.54. The Morgan fingerprint density at radius 3 is 2.52 bits per heavy atom. The summed E-state index contributed by atoms with van der Waals surface area (Å²) in [7, 11) is 0. The zero-order valence-corrected chi connectivity index (χ0v) is 18.6. The van der Waals surface area contributed by atoms with Gasteiger partial charge in [-0.1, -0.05) is 19.9 Å². The van der Waals surface area contributed by atoms with Crippen LogP contribution in [0.2, 0.25) is 0 Å². The summed E-state index contributed by atoms with van der Waals surface area (Å²) in [5.41, 5.74) is 6.12. The Kier molecular flexibility index (Phi) is 5.95. The number of hydrogen-bond acceptors (Lipinski definition) is 3. The second kappa shape index (κ2) is 8.21. The molecule has 4 rings (SSSR count). The number of carbonyl (C=O) groups is 1. The van der Waals surface area contributed by atoms with Crippen LogP contribution < -0.4 is 11.1 Å². The van der Waals surface area contributed by atoms with Gasteiger partial charge in [-0.15, -0.1) is 0 Å². The van der Waals surface area contributed by atoms with Gasteiger partial charge < -0.3 is 16.0 Å². The molecule has 2 atom stereocenters. The van der Waals surface area contributed by atoms with Gasteiger partial charge in [0, 0.05) is 19.3 Å². The summed E-state index contributed by atoms with van der Waals surface area (Å²) in [6, 6.07) is 4.25. The van der Waals surface area contributed by atoms with Gasteiger partial charge >= 0.3 is 6.18 Å². The average molecular weight is 473 g/mol. The highest BCUT2D eigenvalue weighted by Crippen LogP contribution is 2.45. The van der Waals surface area contributed by atoms with Gasteiger partial charge in [0.05, 0.1) is 28.5 Å². The van der Waals surface area contributed by atoms with Crippen LogP contribution in [0.3, 0.4) is 0 Å². The number of H-pyrrole nitrogens is 1. The minimum absolute atomic E-state index is 0.0808. The predicted molar refractivity (Wildman–Crippen MR) is 113 cm³/mol. The molecule has 1 aromatic heterocycles. The molecule has 2 aliphatic rings. The van der Waals surface area contributed by atoms with E-state index >= 15 is 0 Å². The topological polar surface area (TPSA) is 83.8 Å². The molecule has 2 aromatic rings. The number of nitrogens with zero attached hydrogens (tertiary/aromatic N) is 1. The molecule has 2 aliphatic carbocycles. The molecule has 4 N–H and O–H groups in total. The molecule has 182 valence electrons. The van der Waals surface area contributed by atoms with Crippen LogP contribution in [0.15, 0.2) is 18.2 Å². The fourth-order valence-corrected chi connectivity index (χ4v) is 4.50. The van der Waals surface area contributed by atoms with E-state index in [0.29, 0.717) is 11.0 Å². The highest BCUT2D eigenvalue weighted by atomic mass is 19.4. The zero-order chi connectivity index (χ0) is 24.2. The molecule has 0 unspecified atom stereocenters. The first kappa shape index (κ1) is 23.9. The van der Waals surface area contributed by atoms with Crippen LogP contribution in [0.5, 0.6) is 0 Å². The third-order valence-electron chi connectivity index (χ3n) is 6.79. The van der Waals surface area contributed by atoms with Crippen molar-refractivity contribution in [3.63, 3.8) is 0 Å². The maximum absolute atomic E-state index is 13.2. The minimum atomic E-state index is -4.38. The molecule has 2 fully saturated rings. The lowest BCUT2D eigenvalue weighted by Crippen LogP contribution is -2.39. The number of alkyl halides is 5. The Morgan fingerprint density at radius 2 is 1.94 bits per heavy atom. The highest BCUT2D eigenvalue weighted by molar-refractivity contribution is 5.78. The SMILES string of the molecule is CC(C)(C[C@H](N)c1nc2cc([C@H](NC(=O)CC3CC(F)(F)C3)C3CC3)ccc2[nH]1)C(F)(F)F. The third kappa shape index (κ3) is 5.31. The summed E-state index contributed by atoms with van der Waals surface area (Å²) in [4.78, 5) is 19.9. The average Bonchev–Trinajstić information content (AvgIpc) is 3.40. The summed E-state index contributed by atoms with van der Waals surface area (Å²) in [6.45, 7) is 2.22. The van der Waals surface area contributed by atoms with E-state index < -0.39 is 23.6 Å².